The molecule has 0 aromatic heterocycles. The number of rotatable bonds is 3. The zero-order chi connectivity index (χ0) is 10.7. The van der Waals surface area contributed by atoms with Crippen LogP contribution in [0.25, 0.3) is 0 Å². The highest BCUT2D eigenvalue weighted by atomic mass is 35.5. The fourth-order valence-electron chi connectivity index (χ4n) is 1.46. The van der Waals surface area contributed by atoms with Crippen molar-refractivity contribution in [1.82, 2.24) is 0 Å². The highest BCUT2D eigenvalue weighted by Crippen LogP contribution is 2.37. The van der Waals surface area contributed by atoms with Crippen molar-refractivity contribution in [2.75, 3.05) is 14.2 Å². The van der Waals surface area contributed by atoms with Crippen LogP contribution >= 0.6 is 11.6 Å². The second-order valence-corrected chi connectivity index (χ2v) is 3.27. The Bertz CT molecular complexity index is 337. The lowest BCUT2D eigenvalue weighted by Crippen LogP contribution is -1.98. The Hall–Kier alpha value is -0.930. The van der Waals surface area contributed by atoms with E-state index >= 15 is 0 Å². The van der Waals surface area contributed by atoms with Crippen LogP contribution in [0.3, 0.4) is 0 Å². The quantitative estimate of drug-likeness (QED) is 0.842. The van der Waals surface area contributed by atoms with Crippen molar-refractivity contribution < 1.29 is 14.6 Å². The summed E-state index contributed by atoms with van der Waals surface area (Å²) in [6.07, 6.45) is 0. The summed E-state index contributed by atoms with van der Waals surface area (Å²) in [5, 5.41) is 9.56. The third kappa shape index (κ3) is 1.79. The molecule has 0 bridgehead atoms. The van der Waals surface area contributed by atoms with Crippen molar-refractivity contribution >= 4 is 11.6 Å². The normalized spacial score (nSPS) is 10.1. The molecule has 0 atom stereocenters. The third-order valence-corrected chi connectivity index (χ3v) is 2.35. The van der Waals surface area contributed by atoms with Crippen LogP contribution in [0.15, 0.2) is 6.07 Å². The van der Waals surface area contributed by atoms with E-state index in [1.807, 2.05) is 6.92 Å². The van der Waals surface area contributed by atoms with E-state index in [1.165, 1.54) is 0 Å². The first kappa shape index (κ1) is 11.1. The van der Waals surface area contributed by atoms with Gasteiger partial charge in [-0.3, -0.25) is 0 Å². The zero-order valence-electron chi connectivity index (χ0n) is 8.43. The Morgan fingerprint density at radius 2 is 1.86 bits per heavy atom. The zero-order valence-corrected chi connectivity index (χ0v) is 9.18. The topological polar surface area (TPSA) is 38.7 Å². The van der Waals surface area contributed by atoms with Gasteiger partial charge >= 0.3 is 0 Å². The number of benzene rings is 1. The summed E-state index contributed by atoms with van der Waals surface area (Å²) in [5.41, 5.74) is 1.46. The van der Waals surface area contributed by atoms with Gasteiger partial charge in [0, 0.05) is 11.1 Å². The molecular formula is C10H13ClO3. The summed E-state index contributed by atoms with van der Waals surface area (Å²) in [6, 6.07) is 1.65. The molecule has 0 saturated heterocycles. The van der Waals surface area contributed by atoms with E-state index < -0.39 is 0 Å². The van der Waals surface area contributed by atoms with Crippen LogP contribution in [0.2, 0.25) is 5.02 Å². The first-order valence-corrected chi connectivity index (χ1v) is 4.54. The molecule has 0 aliphatic rings. The van der Waals surface area contributed by atoms with Crippen LogP contribution in [-0.2, 0) is 6.61 Å². The van der Waals surface area contributed by atoms with Crippen LogP contribution in [0.5, 0.6) is 11.5 Å². The molecule has 1 rings (SSSR count). The number of hydrogen-bond acceptors (Lipinski definition) is 3. The second-order valence-electron chi connectivity index (χ2n) is 2.87. The lowest BCUT2D eigenvalue weighted by atomic mass is 10.1. The second kappa shape index (κ2) is 4.53. The Balaban J connectivity index is 3.39. The van der Waals surface area contributed by atoms with Gasteiger partial charge in [0.05, 0.1) is 25.8 Å². The van der Waals surface area contributed by atoms with Gasteiger partial charge in [-0.1, -0.05) is 11.6 Å². The predicted octanol–water partition coefficient (Wildman–Crippen LogP) is 2.16. The molecule has 0 heterocycles. The molecule has 0 spiro atoms. The molecule has 1 aromatic rings. The van der Waals surface area contributed by atoms with E-state index in [0.29, 0.717) is 22.1 Å². The average molecular weight is 217 g/mol. The van der Waals surface area contributed by atoms with Crippen LogP contribution in [0.1, 0.15) is 11.1 Å². The minimum Gasteiger partial charge on any atom is -0.496 e. The summed E-state index contributed by atoms with van der Waals surface area (Å²) >= 11 is 5.95. The highest BCUT2D eigenvalue weighted by Gasteiger charge is 2.14. The molecule has 1 aromatic carbocycles. The maximum absolute atomic E-state index is 9.08. The van der Waals surface area contributed by atoms with Crippen LogP contribution in [-0.4, -0.2) is 19.3 Å². The van der Waals surface area contributed by atoms with Crippen molar-refractivity contribution in [1.29, 1.82) is 0 Å². The molecule has 3 nitrogen and oxygen atoms in total. The van der Waals surface area contributed by atoms with E-state index in [2.05, 4.69) is 0 Å². The van der Waals surface area contributed by atoms with E-state index in [9.17, 15) is 0 Å². The summed E-state index contributed by atoms with van der Waals surface area (Å²) in [6.45, 7) is 1.73. The smallest absolute Gasteiger partial charge is 0.144 e. The SMILES string of the molecule is COc1c(Cl)cc(CO)c(OC)c1C. The summed E-state index contributed by atoms with van der Waals surface area (Å²) in [7, 11) is 3.10. The molecule has 0 amide bonds. The molecule has 0 saturated carbocycles. The van der Waals surface area contributed by atoms with Gasteiger partial charge in [-0.25, -0.2) is 0 Å². The van der Waals surface area contributed by atoms with Crippen molar-refractivity contribution in [2.45, 2.75) is 13.5 Å². The number of methoxy groups -OCH3 is 2. The number of ether oxygens (including phenoxy) is 2. The molecular weight excluding hydrogens is 204 g/mol. The van der Waals surface area contributed by atoms with E-state index in [4.69, 9.17) is 26.2 Å². The van der Waals surface area contributed by atoms with Gasteiger partial charge in [-0.2, -0.15) is 0 Å². The van der Waals surface area contributed by atoms with Gasteiger partial charge < -0.3 is 14.6 Å². The molecule has 1 N–H and O–H groups in total. The molecule has 4 heteroatoms. The molecule has 0 unspecified atom stereocenters. The lowest BCUT2D eigenvalue weighted by molar-refractivity contribution is 0.272. The lowest BCUT2D eigenvalue weighted by Gasteiger charge is -2.14. The van der Waals surface area contributed by atoms with Crippen molar-refractivity contribution in [3.8, 4) is 11.5 Å². The average Bonchev–Trinajstić information content (AvgIpc) is 2.17. The fourth-order valence-corrected chi connectivity index (χ4v) is 1.81. The van der Waals surface area contributed by atoms with Gasteiger partial charge in [-0.05, 0) is 13.0 Å². The van der Waals surface area contributed by atoms with Crippen LogP contribution in [0, 0.1) is 6.92 Å². The number of aliphatic hydroxyl groups is 1. The van der Waals surface area contributed by atoms with Gasteiger partial charge in [0.25, 0.3) is 0 Å². The Kier molecular flexibility index (Phi) is 3.61. The Labute approximate surface area is 88.2 Å². The third-order valence-electron chi connectivity index (χ3n) is 2.07. The van der Waals surface area contributed by atoms with Crippen molar-refractivity contribution in [3.63, 3.8) is 0 Å². The van der Waals surface area contributed by atoms with Gasteiger partial charge in [0.2, 0.25) is 0 Å². The summed E-state index contributed by atoms with van der Waals surface area (Å²) < 4.78 is 10.3. The first-order chi connectivity index (χ1) is 6.65. The maximum Gasteiger partial charge on any atom is 0.144 e. The molecule has 0 radical (unpaired) electrons. The first-order valence-electron chi connectivity index (χ1n) is 4.16. The molecule has 0 aliphatic carbocycles. The maximum atomic E-state index is 9.08. The Morgan fingerprint density at radius 1 is 1.29 bits per heavy atom. The number of hydrogen-bond donors (Lipinski definition) is 1. The summed E-state index contributed by atoms with van der Waals surface area (Å²) in [5.74, 6) is 1.20. The van der Waals surface area contributed by atoms with Gasteiger partial charge in [-0.15, -0.1) is 0 Å². The van der Waals surface area contributed by atoms with Crippen molar-refractivity contribution in [2.24, 2.45) is 0 Å². The highest BCUT2D eigenvalue weighted by molar-refractivity contribution is 6.32. The molecule has 14 heavy (non-hydrogen) atoms. The van der Waals surface area contributed by atoms with Crippen LogP contribution in [0.4, 0.5) is 0 Å². The molecule has 0 fully saturated rings. The minimum absolute atomic E-state index is 0.103. The fraction of sp³-hybridized carbons (Fsp3) is 0.400. The number of aliphatic hydroxyl groups excluding tert-OH is 1. The van der Waals surface area contributed by atoms with Crippen LogP contribution < -0.4 is 9.47 Å². The van der Waals surface area contributed by atoms with E-state index in [0.717, 1.165) is 5.56 Å². The molecule has 78 valence electrons. The largest absolute Gasteiger partial charge is 0.496 e. The monoisotopic (exact) mass is 216 g/mol. The number of halogens is 1. The van der Waals surface area contributed by atoms with Crippen molar-refractivity contribution in [3.05, 3.63) is 22.2 Å². The van der Waals surface area contributed by atoms with E-state index in [-0.39, 0.29) is 6.61 Å². The van der Waals surface area contributed by atoms with E-state index in [1.54, 1.807) is 20.3 Å². The minimum atomic E-state index is -0.103. The van der Waals surface area contributed by atoms with Gasteiger partial charge in [0.1, 0.15) is 11.5 Å². The molecule has 0 aliphatic heterocycles. The van der Waals surface area contributed by atoms with Gasteiger partial charge in [0.15, 0.2) is 0 Å². The summed E-state index contributed by atoms with van der Waals surface area (Å²) in [4.78, 5) is 0. The predicted molar refractivity (Wildman–Crippen MR) is 55.2 cm³/mol. The Morgan fingerprint density at radius 3 is 2.29 bits per heavy atom. The standard InChI is InChI=1S/C10H13ClO3/c1-6-9(13-2)7(5-12)4-8(11)10(6)14-3/h4,12H,5H2,1-3H3.